The first kappa shape index (κ1) is 19.4. The lowest BCUT2D eigenvalue weighted by molar-refractivity contribution is -0.0174. The molecule has 152 valence electrons. The number of imidazole rings is 1. The van der Waals surface area contributed by atoms with Gasteiger partial charge in [-0.3, -0.25) is 4.90 Å². The van der Waals surface area contributed by atoms with Gasteiger partial charge in [-0.1, -0.05) is 48.0 Å². The molecule has 5 rings (SSSR count). The smallest absolute Gasteiger partial charge is 0.142 e. The van der Waals surface area contributed by atoms with Gasteiger partial charge in [0.15, 0.2) is 0 Å². The van der Waals surface area contributed by atoms with Crippen molar-refractivity contribution in [1.29, 1.82) is 0 Å². The Morgan fingerprint density at radius 2 is 2.10 bits per heavy atom. The molecule has 2 fully saturated rings. The quantitative estimate of drug-likeness (QED) is 0.713. The zero-order chi connectivity index (χ0) is 20.2. The Labute approximate surface area is 181 Å². The monoisotopic (exact) mass is 429 g/mol. The molecular weight excluding hydrogens is 405 g/mol. The summed E-state index contributed by atoms with van der Waals surface area (Å²) in [6.07, 6.45) is 13.5. The van der Waals surface area contributed by atoms with Crippen LogP contribution in [0.15, 0.2) is 60.5 Å². The molecule has 2 aromatic rings. The minimum Gasteiger partial charge on any atom is -0.380 e. The SMILES string of the molecule is Cn1ccnc1C1(O)CC2CCC1N2C(C1=CC=CCC1Cl)c1ccccc1Cl. The molecule has 29 heavy (non-hydrogen) atoms. The average molecular weight is 430 g/mol. The van der Waals surface area contributed by atoms with Gasteiger partial charge >= 0.3 is 0 Å². The van der Waals surface area contributed by atoms with Crippen molar-refractivity contribution in [3.05, 3.63) is 76.9 Å². The van der Waals surface area contributed by atoms with Crippen molar-refractivity contribution >= 4 is 23.2 Å². The second-order valence-electron chi connectivity index (χ2n) is 8.41. The van der Waals surface area contributed by atoms with Crippen molar-refractivity contribution in [2.75, 3.05) is 0 Å². The van der Waals surface area contributed by atoms with E-state index in [4.69, 9.17) is 23.2 Å². The summed E-state index contributed by atoms with van der Waals surface area (Å²) in [4.78, 5) is 6.98. The van der Waals surface area contributed by atoms with Crippen LogP contribution in [0.5, 0.6) is 0 Å². The number of rotatable bonds is 4. The number of allylic oxidation sites excluding steroid dienone is 3. The average Bonchev–Trinajstić information content (AvgIpc) is 3.39. The highest BCUT2D eigenvalue weighted by Crippen LogP contribution is 2.55. The molecule has 0 amide bonds. The van der Waals surface area contributed by atoms with Crippen LogP contribution in [-0.2, 0) is 12.6 Å². The molecule has 2 bridgehead atoms. The van der Waals surface area contributed by atoms with Crippen LogP contribution in [0, 0.1) is 0 Å². The maximum atomic E-state index is 11.8. The summed E-state index contributed by atoms with van der Waals surface area (Å²) in [5, 5.41) is 12.5. The Balaban J connectivity index is 1.62. The summed E-state index contributed by atoms with van der Waals surface area (Å²) in [5.74, 6) is 0.743. The van der Waals surface area contributed by atoms with Crippen LogP contribution >= 0.6 is 23.2 Å². The Morgan fingerprint density at radius 3 is 2.83 bits per heavy atom. The summed E-state index contributed by atoms with van der Waals surface area (Å²) < 4.78 is 1.94. The fraction of sp³-hybridized carbons (Fsp3) is 0.435. The number of hydrogen-bond donors (Lipinski definition) is 1. The van der Waals surface area contributed by atoms with E-state index in [1.165, 1.54) is 0 Å². The number of halogens is 2. The third kappa shape index (κ3) is 3.00. The Kier molecular flexibility index (Phi) is 4.86. The van der Waals surface area contributed by atoms with E-state index in [0.717, 1.165) is 41.2 Å². The van der Waals surface area contributed by atoms with E-state index in [9.17, 15) is 5.11 Å². The number of nitrogens with zero attached hydrogens (tertiary/aromatic N) is 3. The number of aromatic nitrogens is 2. The van der Waals surface area contributed by atoms with Gasteiger partial charge in [0.05, 0.1) is 11.4 Å². The van der Waals surface area contributed by atoms with Crippen LogP contribution in [-0.4, -0.2) is 37.0 Å². The zero-order valence-electron chi connectivity index (χ0n) is 16.4. The summed E-state index contributed by atoms with van der Waals surface area (Å²) in [7, 11) is 1.95. The molecule has 1 aromatic heterocycles. The minimum absolute atomic E-state index is 0.0226. The third-order valence-electron chi connectivity index (χ3n) is 6.80. The zero-order valence-corrected chi connectivity index (χ0v) is 17.9. The molecule has 4 nitrogen and oxygen atoms in total. The molecule has 0 radical (unpaired) electrons. The van der Waals surface area contributed by atoms with Crippen molar-refractivity contribution in [3.63, 3.8) is 0 Å². The van der Waals surface area contributed by atoms with E-state index in [2.05, 4.69) is 34.2 Å². The van der Waals surface area contributed by atoms with Crippen LogP contribution in [0.4, 0.5) is 0 Å². The molecule has 6 heteroatoms. The molecule has 2 aliphatic heterocycles. The molecule has 5 unspecified atom stereocenters. The van der Waals surface area contributed by atoms with Gasteiger partial charge in [0.2, 0.25) is 0 Å². The number of benzene rings is 1. The lowest BCUT2D eigenvalue weighted by Gasteiger charge is -2.38. The van der Waals surface area contributed by atoms with Crippen LogP contribution in [0.2, 0.25) is 5.02 Å². The van der Waals surface area contributed by atoms with Crippen molar-refractivity contribution < 1.29 is 5.11 Å². The van der Waals surface area contributed by atoms with Gasteiger partial charge in [-0.2, -0.15) is 0 Å². The van der Waals surface area contributed by atoms with E-state index in [1.54, 1.807) is 6.20 Å². The number of aliphatic hydroxyl groups is 1. The third-order valence-corrected chi connectivity index (χ3v) is 7.58. The van der Waals surface area contributed by atoms with E-state index in [0.29, 0.717) is 6.42 Å². The highest BCUT2D eigenvalue weighted by Gasteiger charge is 2.60. The highest BCUT2D eigenvalue weighted by molar-refractivity contribution is 6.31. The number of hydrogen-bond acceptors (Lipinski definition) is 3. The van der Waals surface area contributed by atoms with Crippen molar-refractivity contribution in [2.45, 2.75) is 54.8 Å². The Hall–Kier alpha value is -1.59. The fourth-order valence-electron chi connectivity index (χ4n) is 5.59. The standard InChI is InChI=1S/C23H25Cl2N3O/c1-27-13-12-26-22(27)23(29)14-15-10-11-20(23)28(15)21(16-6-2-4-8-18(16)24)17-7-3-5-9-19(17)25/h2-8,12-13,15,19-21,29H,9-11,14H2,1H3. The van der Waals surface area contributed by atoms with Crippen LogP contribution in [0.1, 0.15) is 43.1 Å². The normalized spacial score (nSPS) is 32.6. The molecule has 5 atom stereocenters. The molecular formula is C23H25Cl2N3O. The molecule has 1 aromatic carbocycles. The van der Waals surface area contributed by atoms with Gasteiger partial charge in [0, 0.05) is 43.0 Å². The van der Waals surface area contributed by atoms with Crippen LogP contribution < -0.4 is 0 Å². The molecule has 2 saturated heterocycles. The second-order valence-corrected chi connectivity index (χ2v) is 9.34. The lowest BCUT2D eigenvalue weighted by atomic mass is 9.84. The van der Waals surface area contributed by atoms with Crippen molar-refractivity contribution in [3.8, 4) is 0 Å². The van der Waals surface area contributed by atoms with Gasteiger partial charge in [0.25, 0.3) is 0 Å². The van der Waals surface area contributed by atoms with E-state index in [-0.39, 0.29) is 23.5 Å². The summed E-state index contributed by atoms with van der Waals surface area (Å²) in [6, 6.07) is 8.20. The van der Waals surface area contributed by atoms with Crippen LogP contribution in [0.3, 0.4) is 0 Å². The Bertz CT molecular complexity index is 984. The predicted octanol–water partition coefficient (Wildman–Crippen LogP) is 4.73. The van der Waals surface area contributed by atoms with E-state index >= 15 is 0 Å². The predicted molar refractivity (Wildman–Crippen MR) is 116 cm³/mol. The molecule has 0 saturated carbocycles. The van der Waals surface area contributed by atoms with Gasteiger partial charge in [0.1, 0.15) is 11.4 Å². The first-order chi connectivity index (χ1) is 14.0. The summed E-state index contributed by atoms with van der Waals surface area (Å²) in [6.45, 7) is 0. The maximum absolute atomic E-state index is 11.8. The molecule has 3 heterocycles. The maximum Gasteiger partial charge on any atom is 0.142 e. The molecule has 1 N–H and O–H groups in total. The van der Waals surface area contributed by atoms with Gasteiger partial charge in [-0.25, -0.2) is 4.98 Å². The topological polar surface area (TPSA) is 41.3 Å². The minimum atomic E-state index is -0.965. The lowest BCUT2D eigenvalue weighted by Crippen LogP contribution is -2.44. The van der Waals surface area contributed by atoms with Crippen molar-refractivity contribution in [1.82, 2.24) is 14.5 Å². The number of alkyl halides is 1. The van der Waals surface area contributed by atoms with Crippen molar-refractivity contribution in [2.24, 2.45) is 7.05 Å². The van der Waals surface area contributed by atoms with Gasteiger partial charge < -0.3 is 9.67 Å². The van der Waals surface area contributed by atoms with Gasteiger partial charge in [-0.15, -0.1) is 11.6 Å². The highest BCUT2D eigenvalue weighted by atomic mass is 35.5. The molecule has 0 spiro atoms. The van der Waals surface area contributed by atoms with E-state index in [1.807, 2.05) is 36.0 Å². The molecule has 3 aliphatic rings. The first-order valence-corrected chi connectivity index (χ1v) is 11.0. The summed E-state index contributed by atoms with van der Waals surface area (Å²) in [5.41, 5.74) is 1.25. The molecule has 1 aliphatic carbocycles. The fourth-order valence-corrected chi connectivity index (χ4v) is 6.13. The first-order valence-electron chi connectivity index (χ1n) is 10.2. The van der Waals surface area contributed by atoms with E-state index < -0.39 is 5.60 Å². The second kappa shape index (κ2) is 7.28. The largest absolute Gasteiger partial charge is 0.380 e. The number of fused-ring (bicyclic) bond motifs is 2. The number of aryl methyl sites for hydroxylation is 1. The van der Waals surface area contributed by atoms with Gasteiger partial charge in [-0.05, 0) is 36.5 Å². The Morgan fingerprint density at radius 1 is 1.28 bits per heavy atom. The summed E-state index contributed by atoms with van der Waals surface area (Å²) >= 11 is 13.5. The van der Waals surface area contributed by atoms with Crippen LogP contribution in [0.25, 0.3) is 0 Å².